The van der Waals surface area contributed by atoms with Crippen LogP contribution in [0.3, 0.4) is 0 Å². The van der Waals surface area contributed by atoms with Crippen molar-refractivity contribution in [3.63, 3.8) is 0 Å². The number of rotatable bonds is 9. The molecule has 0 aromatic rings. The summed E-state index contributed by atoms with van der Waals surface area (Å²) in [6, 6.07) is 0. The molecule has 0 radical (unpaired) electrons. The van der Waals surface area contributed by atoms with Crippen molar-refractivity contribution >= 4 is 11.9 Å². The first-order valence-electron chi connectivity index (χ1n) is 5.28. The summed E-state index contributed by atoms with van der Waals surface area (Å²) in [6.07, 6.45) is 0.685. The highest BCUT2D eigenvalue weighted by molar-refractivity contribution is 5.81. The predicted octanol–water partition coefficient (Wildman–Crippen LogP) is 0.183. The predicted molar refractivity (Wildman–Crippen MR) is 61.7 cm³/mol. The molecule has 2 N–H and O–H groups in total. The van der Waals surface area contributed by atoms with Crippen molar-refractivity contribution in [2.75, 3.05) is 20.3 Å². The number of carbonyl (C=O) groups is 2. The van der Waals surface area contributed by atoms with Crippen LogP contribution in [0.4, 0.5) is 0 Å². The van der Waals surface area contributed by atoms with Crippen molar-refractivity contribution in [2.45, 2.75) is 25.6 Å². The average molecular weight is 245 g/mol. The van der Waals surface area contributed by atoms with Gasteiger partial charge in [-0.25, -0.2) is 4.79 Å². The van der Waals surface area contributed by atoms with Gasteiger partial charge in [0, 0.05) is 7.11 Å². The molecule has 6 heteroatoms. The minimum absolute atomic E-state index is 0.0835. The number of ether oxygens (including phenoxy) is 2. The van der Waals surface area contributed by atoms with Crippen molar-refractivity contribution in [3.05, 3.63) is 12.7 Å². The number of hydrogen-bond donors (Lipinski definition) is 2. The maximum atomic E-state index is 11.5. The molecule has 0 spiro atoms. The lowest BCUT2D eigenvalue weighted by Gasteiger charge is -2.15. The third kappa shape index (κ3) is 6.70. The van der Waals surface area contributed by atoms with Crippen molar-refractivity contribution < 1.29 is 24.2 Å². The van der Waals surface area contributed by atoms with Crippen molar-refractivity contribution in [2.24, 2.45) is 0 Å². The van der Waals surface area contributed by atoms with E-state index in [1.54, 1.807) is 13.0 Å². The Balaban J connectivity index is 3.91. The number of hydrogen-bond acceptors (Lipinski definition) is 4. The zero-order valence-corrected chi connectivity index (χ0v) is 10.1. The molecule has 0 aromatic heterocycles. The number of amides is 1. The smallest absolute Gasteiger partial charge is 0.334 e. The third-order valence-corrected chi connectivity index (χ3v) is 2.08. The summed E-state index contributed by atoms with van der Waals surface area (Å²) >= 11 is 0. The van der Waals surface area contributed by atoms with Crippen molar-refractivity contribution in [1.82, 2.24) is 5.32 Å². The van der Waals surface area contributed by atoms with Crippen LogP contribution in [0.5, 0.6) is 0 Å². The van der Waals surface area contributed by atoms with Crippen LogP contribution >= 0.6 is 0 Å². The minimum Gasteiger partial charge on any atom is -0.479 e. The van der Waals surface area contributed by atoms with E-state index in [1.165, 1.54) is 7.11 Å². The van der Waals surface area contributed by atoms with E-state index in [2.05, 4.69) is 16.6 Å². The first-order valence-corrected chi connectivity index (χ1v) is 5.28. The molecule has 0 aliphatic rings. The van der Waals surface area contributed by atoms with E-state index in [4.69, 9.17) is 9.84 Å². The maximum absolute atomic E-state index is 11.5. The molecule has 0 aliphatic carbocycles. The highest BCUT2D eigenvalue weighted by atomic mass is 16.5. The molecule has 2 unspecified atom stereocenters. The van der Waals surface area contributed by atoms with Crippen molar-refractivity contribution in [3.8, 4) is 0 Å². The van der Waals surface area contributed by atoms with Crippen molar-refractivity contribution in [1.29, 1.82) is 0 Å². The highest BCUT2D eigenvalue weighted by Gasteiger charge is 2.19. The van der Waals surface area contributed by atoms with Crippen LogP contribution < -0.4 is 5.32 Å². The van der Waals surface area contributed by atoms with Crippen LogP contribution in [0.15, 0.2) is 12.7 Å². The van der Waals surface area contributed by atoms with Gasteiger partial charge >= 0.3 is 5.97 Å². The van der Waals surface area contributed by atoms with E-state index >= 15 is 0 Å². The Labute approximate surface area is 101 Å². The topological polar surface area (TPSA) is 84.9 Å². The maximum Gasteiger partial charge on any atom is 0.334 e. The van der Waals surface area contributed by atoms with Crippen LogP contribution in [0.25, 0.3) is 0 Å². The molecule has 0 rings (SSSR count). The van der Waals surface area contributed by atoms with E-state index in [-0.39, 0.29) is 12.5 Å². The van der Waals surface area contributed by atoms with E-state index < -0.39 is 18.2 Å². The van der Waals surface area contributed by atoms with Gasteiger partial charge in [0.25, 0.3) is 0 Å². The fraction of sp³-hybridized carbons (Fsp3) is 0.636. The lowest BCUT2D eigenvalue weighted by molar-refractivity contribution is -0.148. The molecule has 0 heterocycles. The first kappa shape index (κ1) is 15.6. The number of nitrogens with one attached hydrogen (secondary N) is 1. The second-order valence-corrected chi connectivity index (χ2v) is 3.40. The largest absolute Gasteiger partial charge is 0.479 e. The molecule has 0 aromatic carbocycles. The fourth-order valence-corrected chi connectivity index (χ4v) is 1.01. The second-order valence-electron chi connectivity index (χ2n) is 3.40. The highest BCUT2D eigenvalue weighted by Crippen LogP contribution is 1.94. The standard InChI is InChI=1S/C11H19NO5/c1-4-5-6-17-8(2)10(13)12-7-9(16-3)11(14)15/h4,8-9H,1,5-7H2,2-3H3,(H,12,13)(H,14,15). The number of carbonyl (C=O) groups excluding carboxylic acids is 1. The van der Waals surface area contributed by atoms with Gasteiger partial charge in [-0.3, -0.25) is 4.79 Å². The third-order valence-electron chi connectivity index (χ3n) is 2.08. The normalized spacial score (nSPS) is 13.8. The summed E-state index contributed by atoms with van der Waals surface area (Å²) in [6.45, 7) is 5.45. The van der Waals surface area contributed by atoms with Gasteiger partial charge in [-0.1, -0.05) is 6.08 Å². The Morgan fingerprint density at radius 2 is 2.18 bits per heavy atom. The van der Waals surface area contributed by atoms with Gasteiger partial charge in [-0.2, -0.15) is 0 Å². The van der Waals surface area contributed by atoms with Crippen LogP contribution in [-0.4, -0.2) is 49.5 Å². The number of carboxylic acid groups (broad SMARTS) is 1. The van der Waals surface area contributed by atoms with Gasteiger partial charge in [0.2, 0.25) is 5.91 Å². The van der Waals surface area contributed by atoms with Gasteiger partial charge in [-0.15, -0.1) is 6.58 Å². The van der Waals surface area contributed by atoms with E-state index in [1.807, 2.05) is 0 Å². The lowest BCUT2D eigenvalue weighted by Crippen LogP contribution is -2.42. The number of aliphatic carboxylic acids is 1. The Hall–Kier alpha value is -1.40. The van der Waals surface area contributed by atoms with Gasteiger partial charge in [0.15, 0.2) is 6.10 Å². The fourth-order valence-electron chi connectivity index (χ4n) is 1.01. The van der Waals surface area contributed by atoms with E-state index in [0.717, 1.165) is 0 Å². The van der Waals surface area contributed by atoms with Crippen LogP contribution in [-0.2, 0) is 19.1 Å². The zero-order valence-electron chi connectivity index (χ0n) is 10.1. The van der Waals surface area contributed by atoms with Crippen LogP contribution in [0.1, 0.15) is 13.3 Å². The second kappa shape index (κ2) is 8.72. The molecule has 2 atom stereocenters. The summed E-state index contributed by atoms with van der Waals surface area (Å²) in [5, 5.41) is 11.1. The minimum atomic E-state index is -1.12. The summed E-state index contributed by atoms with van der Waals surface area (Å²) < 4.78 is 9.87. The summed E-state index contributed by atoms with van der Waals surface area (Å²) in [4.78, 5) is 22.1. The molecule has 0 saturated carbocycles. The van der Waals surface area contributed by atoms with E-state index in [9.17, 15) is 9.59 Å². The van der Waals surface area contributed by atoms with Gasteiger partial charge < -0.3 is 19.9 Å². The molecular weight excluding hydrogens is 226 g/mol. The van der Waals surface area contributed by atoms with Gasteiger partial charge in [-0.05, 0) is 13.3 Å². The molecule has 98 valence electrons. The van der Waals surface area contributed by atoms with Gasteiger partial charge in [0.05, 0.1) is 13.2 Å². The van der Waals surface area contributed by atoms with E-state index in [0.29, 0.717) is 13.0 Å². The molecular formula is C11H19NO5. The van der Waals surface area contributed by atoms with Gasteiger partial charge in [0.1, 0.15) is 6.10 Å². The quantitative estimate of drug-likeness (QED) is 0.447. The summed E-state index contributed by atoms with van der Waals surface area (Å²) in [7, 11) is 1.27. The lowest BCUT2D eigenvalue weighted by atomic mass is 10.3. The molecule has 0 saturated heterocycles. The Morgan fingerprint density at radius 3 is 2.65 bits per heavy atom. The average Bonchev–Trinajstić information content (AvgIpc) is 2.29. The number of methoxy groups -OCH3 is 1. The summed E-state index contributed by atoms with van der Waals surface area (Å²) in [5.74, 6) is -1.48. The Bertz CT molecular complexity index is 267. The SMILES string of the molecule is C=CCCOC(C)C(=O)NCC(OC)C(=O)O. The molecule has 0 aliphatic heterocycles. The number of carboxylic acids is 1. The van der Waals surface area contributed by atoms with Crippen LogP contribution in [0.2, 0.25) is 0 Å². The zero-order chi connectivity index (χ0) is 13.3. The molecule has 1 amide bonds. The molecule has 6 nitrogen and oxygen atoms in total. The molecule has 0 fully saturated rings. The van der Waals surface area contributed by atoms with Crippen LogP contribution in [0, 0.1) is 0 Å². The monoisotopic (exact) mass is 245 g/mol. The molecule has 17 heavy (non-hydrogen) atoms. The Morgan fingerprint density at radius 1 is 1.53 bits per heavy atom. The Kier molecular flexibility index (Phi) is 8.00. The molecule has 0 bridgehead atoms. The summed E-state index contributed by atoms with van der Waals surface area (Å²) in [5.41, 5.74) is 0. The first-order chi connectivity index (χ1) is 8.02.